The Morgan fingerprint density at radius 2 is 1.93 bits per heavy atom. The van der Waals surface area contributed by atoms with Gasteiger partial charge in [0.05, 0.1) is 0 Å². The van der Waals surface area contributed by atoms with Gasteiger partial charge in [-0.3, -0.25) is 0 Å². The second kappa shape index (κ2) is 2.72. The molecule has 2 unspecified atom stereocenters. The lowest BCUT2D eigenvalue weighted by molar-refractivity contribution is 0.480. The van der Waals surface area contributed by atoms with Crippen molar-refractivity contribution < 1.29 is 0 Å². The molecule has 2 saturated carbocycles. The first-order valence-corrected chi connectivity index (χ1v) is 5.44. The largest absolute Gasteiger partial charge is 0.368 e. The molecule has 0 aliphatic heterocycles. The zero-order valence-corrected chi connectivity index (χ0v) is 8.48. The van der Waals surface area contributed by atoms with Gasteiger partial charge in [-0.05, 0) is 24.7 Å². The summed E-state index contributed by atoms with van der Waals surface area (Å²) in [6.07, 6.45) is 5.51. The number of aryl methyl sites for hydroxylation is 1. The molecule has 76 valence electrons. The van der Waals surface area contributed by atoms with Gasteiger partial charge in [0.15, 0.2) is 5.82 Å². The predicted octanol–water partition coefficient (Wildman–Crippen LogP) is 1.30. The summed E-state index contributed by atoms with van der Waals surface area (Å²) in [6, 6.07) is 0. The van der Waals surface area contributed by atoms with Crippen LogP contribution in [0.3, 0.4) is 0 Å². The Hall–Kier alpha value is -1.06. The van der Waals surface area contributed by atoms with E-state index in [0.29, 0.717) is 11.9 Å². The zero-order chi connectivity index (χ0) is 9.71. The molecule has 2 fully saturated rings. The number of nitrogens with zero attached hydrogens (tertiary/aromatic N) is 3. The summed E-state index contributed by atoms with van der Waals surface area (Å²) < 4.78 is 1.68. The molecule has 1 aromatic rings. The van der Waals surface area contributed by atoms with Crippen LogP contribution in [0.4, 0.5) is 5.95 Å². The lowest BCUT2D eigenvalue weighted by atomic mass is 10.0. The molecule has 4 heteroatoms. The van der Waals surface area contributed by atoms with Crippen LogP contribution in [0.25, 0.3) is 0 Å². The minimum Gasteiger partial charge on any atom is -0.368 e. The molecular weight excluding hydrogens is 176 g/mol. The summed E-state index contributed by atoms with van der Waals surface area (Å²) in [7, 11) is 1.86. The maximum atomic E-state index is 5.68. The molecule has 1 heterocycles. The highest BCUT2D eigenvalue weighted by molar-refractivity contribution is 5.23. The second-order valence-corrected chi connectivity index (χ2v) is 4.59. The summed E-state index contributed by atoms with van der Waals surface area (Å²) >= 11 is 0. The molecule has 0 aromatic carbocycles. The summed E-state index contributed by atoms with van der Waals surface area (Å²) in [5, 5.41) is 4.38. The quantitative estimate of drug-likeness (QED) is 0.729. The molecule has 0 bridgehead atoms. The highest BCUT2D eigenvalue weighted by atomic mass is 15.4. The van der Waals surface area contributed by atoms with Gasteiger partial charge in [0.2, 0.25) is 5.95 Å². The lowest BCUT2D eigenvalue weighted by Gasteiger charge is -2.04. The third kappa shape index (κ3) is 1.06. The van der Waals surface area contributed by atoms with E-state index < -0.39 is 0 Å². The Morgan fingerprint density at radius 3 is 2.43 bits per heavy atom. The van der Waals surface area contributed by atoms with Gasteiger partial charge in [-0.1, -0.05) is 12.8 Å². The molecule has 4 nitrogen and oxygen atoms in total. The van der Waals surface area contributed by atoms with Crippen LogP contribution < -0.4 is 5.73 Å². The number of hydrogen-bond donors (Lipinski definition) is 1. The molecule has 3 rings (SSSR count). The van der Waals surface area contributed by atoms with Gasteiger partial charge < -0.3 is 5.73 Å². The molecule has 0 radical (unpaired) electrons. The number of nitrogen functional groups attached to an aromatic ring is 1. The molecule has 14 heavy (non-hydrogen) atoms. The summed E-state index contributed by atoms with van der Waals surface area (Å²) in [6.45, 7) is 0. The van der Waals surface area contributed by atoms with Crippen LogP contribution in [-0.4, -0.2) is 14.8 Å². The van der Waals surface area contributed by atoms with Gasteiger partial charge in [0, 0.05) is 13.0 Å². The Morgan fingerprint density at radius 1 is 1.29 bits per heavy atom. The van der Waals surface area contributed by atoms with Crippen LogP contribution in [0.1, 0.15) is 37.4 Å². The first-order chi connectivity index (χ1) is 6.77. The normalized spacial score (nSPS) is 35.4. The summed E-state index contributed by atoms with van der Waals surface area (Å²) in [5.41, 5.74) is 5.68. The van der Waals surface area contributed by atoms with Gasteiger partial charge in [-0.25, -0.2) is 4.68 Å². The zero-order valence-electron chi connectivity index (χ0n) is 8.48. The lowest BCUT2D eigenvalue weighted by Crippen LogP contribution is -1.97. The van der Waals surface area contributed by atoms with Gasteiger partial charge in [0.25, 0.3) is 0 Å². The molecule has 2 atom stereocenters. The average Bonchev–Trinajstić information content (AvgIpc) is 2.82. The first kappa shape index (κ1) is 8.26. The third-order valence-electron chi connectivity index (χ3n) is 3.77. The van der Waals surface area contributed by atoms with E-state index in [1.54, 1.807) is 4.68 Å². The van der Waals surface area contributed by atoms with Crippen LogP contribution in [0.5, 0.6) is 0 Å². The minimum absolute atomic E-state index is 0.545. The number of nitrogens with two attached hydrogens (primary N) is 1. The van der Waals surface area contributed by atoms with E-state index in [1.807, 2.05) is 7.05 Å². The Balaban J connectivity index is 1.84. The van der Waals surface area contributed by atoms with E-state index in [1.165, 1.54) is 25.7 Å². The SMILES string of the molecule is Cn1nc(C2C3CCCCC32)nc1N. The number of fused-ring (bicyclic) bond motifs is 1. The van der Waals surface area contributed by atoms with Crippen LogP contribution in [0.15, 0.2) is 0 Å². The summed E-state index contributed by atoms with van der Waals surface area (Å²) in [4.78, 5) is 4.33. The van der Waals surface area contributed by atoms with Crippen molar-refractivity contribution >= 4 is 5.95 Å². The topological polar surface area (TPSA) is 56.7 Å². The molecule has 0 amide bonds. The maximum Gasteiger partial charge on any atom is 0.218 e. The molecule has 1 aromatic heterocycles. The van der Waals surface area contributed by atoms with E-state index in [4.69, 9.17) is 5.73 Å². The standard InChI is InChI=1S/C10H16N4/c1-14-10(11)12-9(13-14)8-6-4-2-3-5-7(6)8/h6-8H,2-5H2,1H3,(H2,11,12,13). The fourth-order valence-electron chi connectivity index (χ4n) is 2.93. The Labute approximate surface area is 83.5 Å². The van der Waals surface area contributed by atoms with E-state index in [0.717, 1.165) is 17.7 Å². The molecule has 0 saturated heterocycles. The number of aromatic nitrogens is 3. The van der Waals surface area contributed by atoms with Crippen molar-refractivity contribution in [2.45, 2.75) is 31.6 Å². The Bertz CT molecular complexity index is 326. The van der Waals surface area contributed by atoms with Gasteiger partial charge in [-0.15, -0.1) is 0 Å². The number of hydrogen-bond acceptors (Lipinski definition) is 3. The van der Waals surface area contributed by atoms with Crippen molar-refractivity contribution in [2.75, 3.05) is 5.73 Å². The fourth-order valence-corrected chi connectivity index (χ4v) is 2.93. The van der Waals surface area contributed by atoms with Crippen molar-refractivity contribution in [1.82, 2.24) is 14.8 Å². The minimum atomic E-state index is 0.545. The van der Waals surface area contributed by atoms with Crippen LogP contribution >= 0.6 is 0 Å². The average molecular weight is 192 g/mol. The van der Waals surface area contributed by atoms with E-state index in [2.05, 4.69) is 10.1 Å². The van der Waals surface area contributed by atoms with Gasteiger partial charge in [-0.2, -0.15) is 10.1 Å². The maximum absolute atomic E-state index is 5.68. The predicted molar refractivity (Wildman–Crippen MR) is 53.6 cm³/mol. The Kier molecular flexibility index (Phi) is 1.60. The molecule has 2 aliphatic carbocycles. The van der Waals surface area contributed by atoms with E-state index in [9.17, 15) is 0 Å². The van der Waals surface area contributed by atoms with Crippen LogP contribution in [0.2, 0.25) is 0 Å². The number of anilines is 1. The van der Waals surface area contributed by atoms with E-state index >= 15 is 0 Å². The summed E-state index contributed by atoms with van der Waals surface area (Å²) in [5.74, 6) is 3.89. The highest BCUT2D eigenvalue weighted by Gasteiger charge is 2.53. The van der Waals surface area contributed by atoms with Crippen LogP contribution in [0, 0.1) is 11.8 Å². The highest BCUT2D eigenvalue weighted by Crippen LogP contribution is 2.60. The molecule has 2 N–H and O–H groups in total. The monoisotopic (exact) mass is 192 g/mol. The number of rotatable bonds is 1. The van der Waals surface area contributed by atoms with Crippen molar-refractivity contribution in [3.05, 3.63) is 5.82 Å². The smallest absolute Gasteiger partial charge is 0.218 e. The molecule has 2 aliphatic rings. The van der Waals surface area contributed by atoms with Gasteiger partial charge >= 0.3 is 0 Å². The molecular formula is C10H16N4. The third-order valence-corrected chi connectivity index (χ3v) is 3.77. The van der Waals surface area contributed by atoms with Crippen molar-refractivity contribution in [3.63, 3.8) is 0 Å². The first-order valence-electron chi connectivity index (χ1n) is 5.44. The molecule has 0 spiro atoms. The van der Waals surface area contributed by atoms with Crippen LogP contribution in [-0.2, 0) is 7.05 Å². The second-order valence-electron chi connectivity index (χ2n) is 4.59. The van der Waals surface area contributed by atoms with E-state index in [-0.39, 0.29) is 0 Å². The van der Waals surface area contributed by atoms with Crippen molar-refractivity contribution in [1.29, 1.82) is 0 Å². The van der Waals surface area contributed by atoms with Gasteiger partial charge in [0.1, 0.15) is 0 Å². The fraction of sp³-hybridized carbons (Fsp3) is 0.800. The van der Waals surface area contributed by atoms with Crippen molar-refractivity contribution in [3.8, 4) is 0 Å². The van der Waals surface area contributed by atoms with Crippen molar-refractivity contribution in [2.24, 2.45) is 18.9 Å².